The zero-order valence-corrected chi connectivity index (χ0v) is 13.4. The van der Waals surface area contributed by atoms with Gasteiger partial charge in [-0.15, -0.1) is 0 Å². The molecule has 0 saturated carbocycles. The number of methoxy groups -OCH3 is 1. The van der Waals surface area contributed by atoms with Crippen LogP contribution in [0.15, 0.2) is 53.0 Å². The van der Waals surface area contributed by atoms with E-state index in [1.54, 1.807) is 7.11 Å². The number of ketones is 1. The van der Waals surface area contributed by atoms with E-state index in [0.29, 0.717) is 19.4 Å². The average Bonchev–Trinajstić information content (AvgIpc) is 2.48. The van der Waals surface area contributed by atoms with Crippen molar-refractivity contribution in [3.05, 3.63) is 58.6 Å². The molecule has 0 spiro atoms. The van der Waals surface area contributed by atoms with Crippen LogP contribution in [0.2, 0.25) is 0 Å². The molecule has 0 N–H and O–H groups in total. The van der Waals surface area contributed by atoms with Crippen LogP contribution in [-0.2, 0) is 11.2 Å². The highest BCUT2D eigenvalue weighted by Gasteiger charge is 2.07. The molecule has 2 aromatic rings. The molecule has 0 aliphatic carbocycles. The quantitative estimate of drug-likeness (QED) is 0.757. The third kappa shape index (κ3) is 4.90. The molecule has 0 aromatic heterocycles. The van der Waals surface area contributed by atoms with Crippen molar-refractivity contribution < 1.29 is 14.3 Å². The van der Waals surface area contributed by atoms with E-state index in [9.17, 15) is 4.79 Å². The molecule has 110 valence electrons. The van der Waals surface area contributed by atoms with Crippen molar-refractivity contribution in [3.63, 3.8) is 0 Å². The van der Waals surface area contributed by atoms with E-state index in [2.05, 4.69) is 15.9 Å². The summed E-state index contributed by atoms with van der Waals surface area (Å²) in [5, 5.41) is 0. The standard InChI is InChI=1S/C17H17BrO3/c1-20-17-8-7-13(12-16(17)18)11-14(19)9-10-21-15-5-3-2-4-6-15/h2-8,12H,9-11H2,1H3. The molecule has 0 fully saturated rings. The van der Waals surface area contributed by atoms with Crippen molar-refractivity contribution >= 4 is 21.7 Å². The Morgan fingerprint density at radius 3 is 2.57 bits per heavy atom. The lowest BCUT2D eigenvalue weighted by molar-refractivity contribution is -0.118. The zero-order valence-electron chi connectivity index (χ0n) is 11.8. The van der Waals surface area contributed by atoms with Crippen LogP contribution in [-0.4, -0.2) is 19.5 Å². The van der Waals surface area contributed by atoms with Gasteiger partial charge in [0, 0.05) is 12.8 Å². The molecular formula is C17H17BrO3. The van der Waals surface area contributed by atoms with Crippen LogP contribution in [0.1, 0.15) is 12.0 Å². The van der Waals surface area contributed by atoms with Gasteiger partial charge < -0.3 is 9.47 Å². The van der Waals surface area contributed by atoms with Crippen LogP contribution in [0.5, 0.6) is 11.5 Å². The molecule has 0 amide bonds. The van der Waals surface area contributed by atoms with E-state index in [0.717, 1.165) is 21.5 Å². The topological polar surface area (TPSA) is 35.5 Å². The number of Topliss-reactive ketones (excluding diaryl/α,β-unsaturated/α-hetero) is 1. The fourth-order valence-corrected chi connectivity index (χ4v) is 2.52. The first kappa shape index (κ1) is 15.6. The van der Waals surface area contributed by atoms with Gasteiger partial charge in [0.1, 0.15) is 17.3 Å². The van der Waals surface area contributed by atoms with Gasteiger partial charge in [-0.05, 0) is 45.8 Å². The molecule has 0 aliphatic heterocycles. The number of halogens is 1. The molecule has 4 heteroatoms. The summed E-state index contributed by atoms with van der Waals surface area (Å²) in [6, 6.07) is 15.2. The van der Waals surface area contributed by atoms with Crippen LogP contribution in [0.25, 0.3) is 0 Å². The second-order valence-electron chi connectivity index (χ2n) is 4.60. The predicted octanol–water partition coefficient (Wildman–Crippen LogP) is 4.04. The predicted molar refractivity (Wildman–Crippen MR) is 86.0 cm³/mol. The van der Waals surface area contributed by atoms with Gasteiger partial charge in [-0.1, -0.05) is 24.3 Å². The van der Waals surface area contributed by atoms with E-state index < -0.39 is 0 Å². The number of ether oxygens (including phenoxy) is 2. The molecule has 0 radical (unpaired) electrons. The molecule has 0 aliphatic rings. The SMILES string of the molecule is COc1ccc(CC(=O)CCOc2ccccc2)cc1Br. The lowest BCUT2D eigenvalue weighted by Gasteiger charge is -2.07. The number of para-hydroxylation sites is 1. The van der Waals surface area contributed by atoms with Gasteiger partial charge in [-0.3, -0.25) is 4.79 Å². The molecule has 0 atom stereocenters. The Bertz CT molecular complexity index is 596. The molecule has 0 heterocycles. The molecule has 2 rings (SSSR count). The van der Waals surface area contributed by atoms with Gasteiger partial charge in [0.2, 0.25) is 0 Å². The first-order valence-corrected chi connectivity index (χ1v) is 7.50. The Balaban J connectivity index is 1.80. The van der Waals surface area contributed by atoms with E-state index in [-0.39, 0.29) is 5.78 Å². The maximum Gasteiger partial charge on any atom is 0.140 e. The Labute approximate surface area is 133 Å². The Morgan fingerprint density at radius 1 is 1.14 bits per heavy atom. The fourth-order valence-electron chi connectivity index (χ4n) is 1.94. The second-order valence-corrected chi connectivity index (χ2v) is 5.45. The van der Waals surface area contributed by atoms with Gasteiger partial charge in [-0.2, -0.15) is 0 Å². The van der Waals surface area contributed by atoms with Gasteiger partial charge in [0.05, 0.1) is 18.2 Å². The average molecular weight is 349 g/mol. The minimum Gasteiger partial charge on any atom is -0.496 e. The highest BCUT2D eigenvalue weighted by atomic mass is 79.9. The van der Waals surface area contributed by atoms with Crippen molar-refractivity contribution in [2.24, 2.45) is 0 Å². The summed E-state index contributed by atoms with van der Waals surface area (Å²) in [5.41, 5.74) is 0.965. The molecule has 0 bridgehead atoms. The minimum absolute atomic E-state index is 0.156. The first-order valence-electron chi connectivity index (χ1n) is 6.71. The van der Waals surface area contributed by atoms with E-state index >= 15 is 0 Å². The number of rotatable bonds is 7. The summed E-state index contributed by atoms with van der Waals surface area (Å²) in [6.07, 6.45) is 0.805. The molecule has 2 aromatic carbocycles. The molecule has 3 nitrogen and oxygen atoms in total. The summed E-state index contributed by atoms with van der Waals surface area (Å²) in [6.45, 7) is 0.403. The normalized spacial score (nSPS) is 10.2. The minimum atomic E-state index is 0.156. The van der Waals surface area contributed by atoms with Crippen LogP contribution >= 0.6 is 15.9 Å². The van der Waals surface area contributed by atoms with Crippen molar-refractivity contribution in [3.8, 4) is 11.5 Å². The van der Waals surface area contributed by atoms with Crippen molar-refractivity contribution in [1.82, 2.24) is 0 Å². The molecule has 0 saturated heterocycles. The summed E-state index contributed by atoms with van der Waals surface area (Å²) in [4.78, 5) is 11.9. The summed E-state index contributed by atoms with van der Waals surface area (Å²) in [7, 11) is 1.62. The van der Waals surface area contributed by atoms with Crippen molar-refractivity contribution in [2.45, 2.75) is 12.8 Å². The van der Waals surface area contributed by atoms with Gasteiger partial charge in [0.25, 0.3) is 0 Å². The van der Waals surface area contributed by atoms with Gasteiger partial charge >= 0.3 is 0 Å². The lowest BCUT2D eigenvalue weighted by atomic mass is 10.1. The van der Waals surface area contributed by atoms with Gasteiger partial charge in [-0.25, -0.2) is 0 Å². The van der Waals surface area contributed by atoms with Crippen LogP contribution < -0.4 is 9.47 Å². The van der Waals surface area contributed by atoms with Crippen molar-refractivity contribution in [1.29, 1.82) is 0 Å². The van der Waals surface area contributed by atoms with E-state index in [4.69, 9.17) is 9.47 Å². The number of carbonyl (C=O) groups is 1. The van der Waals surface area contributed by atoms with Crippen LogP contribution in [0.3, 0.4) is 0 Å². The fraction of sp³-hybridized carbons (Fsp3) is 0.235. The summed E-state index contributed by atoms with van der Waals surface area (Å²) < 4.78 is 11.5. The number of hydrogen-bond acceptors (Lipinski definition) is 3. The zero-order chi connectivity index (χ0) is 15.1. The second kappa shape index (κ2) is 7.84. The largest absolute Gasteiger partial charge is 0.496 e. The van der Waals surface area contributed by atoms with Crippen molar-refractivity contribution in [2.75, 3.05) is 13.7 Å². The van der Waals surface area contributed by atoms with Gasteiger partial charge in [0.15, 0.2) is 0 Å². The first-order chi connectivity index (χ1) is 10.2. The molecule has 21 heavy (non-hydrogen) atoms. The Morgan fingerprint density at radius 2 is 1.90 bits per heavy atom. The van der Waals surface area contributed by atoms with Crippen LogP contribution in [0.4, 0.5) is 0 Å². The third-order valence-corrected chi connectivity index (χ3v) is 3.63. The monoisotopic (exact) mass is 348 g/mol. The smallest absolute Gasteiger partial charge is 0.140 e. The summed E-state index contributed by atoms with van der Waals surface area (Å²) >= 11 is 3.42. The number of carbonyl (C=O) groups excluding carboxylic acids is 1. The number of benzene rings is 2. The maximum atomic E-state index is 11.9. The lowest BCUT2D eigenvalue weighted by Crippen LogP contribution is -2.09. The number of hydrogen-bond donors (Lipinski definition) is 0. The third-order valence-electron chi connectivity index (χ3n) is 3.01. The van der Waals surface area contributed by atoms with Crippen LogP contribution in [0, 0.1) is 0 Å². The highest BCUT2D eigenvalue weighted by Crippen LogP contribution is 2.25. The summed E-state index contributed by atoms with van der Waals surface area (Å²) in [5.74, 6) is 1.71. The maximum absolute atomic E-state index is 11.9. The molecule has 0 unspecified atom stereocenters. The highest BCUT2D eigenvalue weighted by molar-refractivity contribution is 9.10. The molecular weight excluding hydrogens is 332 g/mol. The Hall–Kier alpha value is -1.81. The van der Waals surface area contributed by atoms with E-state index in [1.165, 1.54) is 0 Å². The Kier molecular flexibility index (Phi) is 5.81. The van der Waals surface area contributed by atoms with E-state index in [1.807, 2.05) is 48.5 Å².